The standard InChI is InChI=1S/C27H30O17/c1-7-15(31)20(36)22(38)26(41-7)40-6-13-17(33)21(37)23(39)27(43-13)44-25-19(35)14-12(5-11(30)16(32)18(14)34)42-24(25)8-2-3-9(28)10(29)4-8/h2-5,7,13,15,17,20-23,26-34,36-39H,6H2,1H3/t7-,13+,15-,17+,20+,21-,22+,23+,26+,27-/m0/s1. The fourth-order valence-corrected chi connectivity index (χ4v) is 4.86. The molecule has 0 spiro atoms. The maximum Gasteiger partial charge on any atom is 0.239 e. The van der Waals surface area contributed by atoms with Crippen molar-refractivity contribution in [2.24, 2.45) is 0 Å². The minimum atomic E-state index is -2.02. The van der Waals surface area contributed by atoms with Crippen molar-refractivity contribution in [3.8, 4) is 45.8 Å². The molecule has 0 unspecified atom stereocenters. The van der Waals surface area contributed by atoms with Crippen LogP contribution in [-0.2, 0) is 14.2 Å². The summed E-state index contributed by atoms with van der Waals surface area (Å²) >= 11 is 0. The Hall–Kier alpha value is -3.91. The van der Waals surface area contributed by atoms with Crippen LogP contribution in [0.15, 0.2) is 33.5 Å². The van der Waals surface area contributed by atoms with E-state index >= 15 is 0 Å². The van der Waals surface area contributed by atoms with E-state index in [-0.39, 0.29) is 5.56 Å². The minimum absolute atomic E-state index is 0.0922. The highest BCUT2D eigenvalue weighted by molar-refractivity contribution is 5.91. The average molecular weight is 627 g/mol. The van der Waals surface area contributed by atoms with Crippen LogP contribution >= 0.6 is 0 Å². The second-order valence-electron chi connectivity index (χ2n) is 10.4. The van der Waals surface area contributed by atoms with Gasteiger partial charge in [0.2, 0.25) is 23.2 Å². The van der Waals surface area contributed by atoms with Crippen molar-refractivity contribution in [3.63, 3.8) is 0 Å². The second-order valence-corrected chi connectivity index (χ2v) is 10.4. The molecule has 2 saturated heterocycles. The van der Waals surface area contributed by atoms with Crippen molar-refractivity contribution < 1.29 is 79.5 Å². The van der Waals surface area contributed by atoms with E-state index < -0.39 is 125 Å². The monoisotopic (exact) mass is 626 g/mol. The fourth-order valence-electron chi connectivity index (χ4n) is 4.86. The van der Waals surface area contributed by atoms with Crippen molar-refractivity contribution in [1.29, 1.82) is 0 Å². The molecule has 2 aromatic carbocycles. The summed E-state index contributed by atoms with van der Waals surface area (Å²) < 4.78 is 27.7. The van der Waals surface area contributed by atoms with Gasteiger partial charge in [0.1, 0.15) is 53.7 Å². The lowest BCUT2D eigenvalue weighted by Crippen LogP contribution is -2.61. The zero-order valence-corrected chi connectivity index (χ0v) is 22.7. The lowest BCUT2D eigenvalue weighted by atomic mass is 9.98. The van der Waals surface area contributed by atoms with Crippen LogP contribution in [0.1, 0.15) is 6.92 Å². The number of aliphatic hydroxyl groups is 6. The third kappa shape index (κ3) is 5.45. The number of hydrogen-bond acceptors (Lipinski definition) is 17. The molecule has 1 aromatic heterocycles. The van der Waals surface area contributed by atoms with Gasteiger partial charge in [0.25, 0.3) is 0 Å². The van der Waals surface area contributed by atoms with Crippen LogP contribution < -0.4 is 10.2 Å². The van der Waals surface area contributed by atoms with Gasteiger partial charge in [-0.2, -0.15) is 0 Å². The zero-order chi connectivity index (χ0) is 32.2. The summed E-state index contributed by atoms with van der Waals surface area (Å²) in [5, 5.41) is 111. The van der Waals surface area contributed by atoms with Crippen LogP contribution in [0.4, 0.5) is 0 Å². The first kappa shape index (κ1) is 31.5. The van der Waals surface area contributed by atoms with E-state index in [0.717, 1.165) is 18.2 Å². The van der Waals surface area contributed by atoms with E-state index in [9.17, 15) is 61.0 Å². The second kappa shape index (κ2) is 11.9. The maximum atomic E-state index is 13.6. The third-order valence-corrected chi connectivity index (χ3v) is 7.44. The molecule has 3 aromatic rings. The van der Waals surface area contributed by atoms with Crippen LogP contribution in [0.3, 0.4) is 0 Å². The van der Waals surface area contributed by atoms with E-state index in [4.69, 9.17) is 23.4 Å². The first-order chi connectivity index (χ1) is 20.7. The van der Waals surface area contributed by atoms with Crippen LogP contribution in [0, 0.1) is 0 Å². The predicted octanol–water partition coefficient (Wildman–Crippen LogP) is -1.98. The third-order valence-electron chi connectivity index (χ3n) is 7.44. The van der Waals surface area contributed by atoms with Crippen molar-refractivity contribution in [3.05, 3.63) is 34.5 Å². The fraction of sp³-hybridized carbons (Fsp3) is 0.444. The summed E-state index contributed by atoms with van der Waals surface area (Å²) in [6, 6.07) is 4.03. The molecule has 11 N–H and O–H groups in total. The Morgan fingerprint density at radius 3 is 2.07 bits per heavy atom. The molecule has 2 aliphatic heterocycles. The molecular weight excluding hydrogens is 596 g/mol. The van der Waals surface area contributed by atoms with Gasteiger partial charge in [0.15, 0.2) is 35.0 Å². The Bertz CT molecular complexity index is 1590. The predicted molar refractivity (Wildman–Crippen MR) is 142 cm³/mol. The number of aromatic hydroxyl groups is 5. The number of benzene rings is 2. The highest BCUT2D eigenvalue weighted by Crippen LogP contribution is 2.44. The highest BCUT2D eigenvalue weighted by atomic mass is 16.7. The molecule has 44 heavy (non-hydrogen) atoms. The molecule has 2 fully saturated rings. The van der Waals surface area contributed by atoms with Crippen LogP contribution in [0.2, 0.25) is 0 Å². The van der Waals surface area contributed by atoms with Crippen molar-refractivity contribution in [1.82, 2.24) is 0 Å². The Morgan fingerprint density at radius 1 is 0.727 bits per heavy atom. The van der Waals surface area contributed by atoms with Gasteiger partial charge in [-0.1, -0.05) is 0 Å². The summed E-state index contributed by atoms with van der Waals surface area (Å²) in [7, 11) is 0. The molecule has 3 heterocycles. The zero-order valence-electron chi connectivity index (χ0n) is 22.7. The molecule has 10 atom stereocenters. The summed E-state index contributed by atoms with van der Waals surface area (Å²) in [6.45, 7) is 0.770. The van der Waals surface area contributed by atoms with E-state index in [2.05, 4.69) is 0 Å². The number of rotatable bonds is 6. The van der Waals surface area contributed by atoms with E-state index in [1.54, 1.807) is 0 Å². The van der Waals surface area contributed by atoms with Gasteiger partial charge < -0.3 is 79.5 Å². The van der Waals surface area contributed by atoms with Gasteiger partial charge in [0, 0.05) is 11.6 Å². The largest absolute Gasteiger partial charge is 0.504 e. The molecule has 0 saturated carbocycles. The average Bonchev–Trinajstić information content (AvgIpc) is 2.99. The SMILES string of the molecule is C[C@@H]1O[C@@H](OC[C@H]2O[C@@H](Oc3c(-c4ccc(O)c(O)c4)oc4cc(O)c(O)c(O)c4c3=O)[C@H](O)[C@@H](O)[C@@H]2O)[C@H](O)[C@H](O)[C@H]1O. The number of fused-ring (bicyclic) bond motifs is 1. The van der Waals surface area contributed by atoms with Gasteiger partial charge in [-0.15, -0.1) is 0 Å². The molecule has 17 heteroatoms. The normalized spacial score (nSPS) is 32.5. The van der Waals surface area contributed by atoms with Gasteiger partial charge in [-0.3, -0.25) is 4.79 Å². The van der Waals surface area contributed by atoms with E-state index in [1.807, 2.05) is 0 Å². The molecule has 0 amide bonds. The van der Waals surface area contributed by atoms with Gasteiger partial charge in [0.05, 0.1) is 12.7 Å². The maximum absolute atomic E-state index is 13.6. The number of phenols is 5. The Balaban J connectivity index is 1.50. The van der Waals surface area contributed by atoms with Crippen molar-refractivity contribution >= 4 is 11.0 Å². The molecule has 240 valence electrons. The lowest BCUT2D eigenvalue weighted by molar-refractivity contribution is -0.318. The Kier molecular flexibility index (Phi) is 8.51. The first-order valence-corrected chi connectivity index (χ1v) is 13.2. The Labute approximate surface area is 246 Å². The minimum Gasteiger partial charge on any atom is -0.504 e. The van der Waals surface area contributed by atoms with Crippen LogP contribution in [0.25, 0.3) is 22.3 Å². The highest BCUT2D eigenvalue weighted by Gasteiger charge is 2.48. The quantitative estimate of drug-likeness (QED) is 0.132. The topological polar surface area (TPSA) is 290 Å². The number of hydrogen-bond donors (Lipinski definition) is 11. The van der Waals surface area contributed by atoms with E-state index in [0.29, 0.717) is 0 Å². The summed E-state index contributed by atoms with van der Waals surface area (Å²) in [5.41, 5.74) is -1.71. The smallest absolute Gasteiger partial charge is 0.239 e. The van der Waals surface area contributed by atoms with E-state index in [1.165, 1.54) is 13.0 Å². The lowest BCUT2D eigenvalue weighted by Gasteiger charge is -2.42. The van der Waals surface area contributed by atoms with Crippen molar-refractivity contribution in [2.45, 2.75) is 68.3 Å². The first-order valence-electron chi connectivity index (χ1n) is 13.2. The van der Waals surface area contributed by atoms with Crippen LogP contribution in [-0.4, -0.2) is 124 Å². The summed E-state index contributed by atoms with van der Waals surface area (Å²) in [6.07, 6.45) is -16.5. The number of ether oxygens (including phenoxy) is 4. The Morgan fingerprint density at radius 2 is 1.39 bits per heavy atom. The van der Waals surface area contributed by atoms with Crippen molar-refractivity contribution in [2.75, 3.05) is 6.61 Å². The molecule has 0 radical (unpaired) electrons. The number of phenolic OH excluding ortho intramolecular Hbond substituents is 5. The van der Waals surface area contributed by atoms with Gasteiger partial charge in [-0.25, -0.2) is 0 Å². The molecule has 5 rings (SSSR count). The molecule has 17 nitrogen and oxygen atoms in total. The molecule has 0 aliphatic carbocycles. The summed E-state index contributed by atoms with van der Waals surface area (Å²) in [5.74, 6) is -5.45. The van der Waals surface area contributed by atoms with Crippen LogP contribution in [0.5, 0.6) is 34.5 Å². The molecular formula is C27H30O17. The molecule has 2 aliphatic rings. The van der Waals surface area contributed by atoms with Gasteiger partial charge >= 0.3 is 0 Å². The van der Waals surface area contributed by atoms with Gasteiger partial charge in [-0.05, 0) is 25.1 Å². The summed E-state index contributed by atoms with van der Waals surface area (Å²) in [4.78, 5) is 13.6. The number of aliphatic hydroxyl groups excluding tert-OH is 6. The molecule has 0 bridgehead atoms.